The number of carboxylic acid groups (broad SMARTS) is 1. The standard InChI is InChI=1S/C13H13NO4/c1-8-5-10(6-11(12(8)14)13(15)16)18-7-9-3-2-4-17-9/h2-6H,7,14H2,1H3,(H,15,16). The van der Waals surface area contributed by atoms with Crippen molar-refractivity contribution >= 4 is 11.7 Å². The van der Waals surface area contributed by atoms with E-state index >= 15 is 0 Å². The van der Waals surface area contributed by atoms with Crippen molar-refractivity contribution in [1.29, 1.82) is 0 Å². The molecule has 0 aliphatic carbocycles. The Hall–Kier alpha value is -2.43. The molecular formula is C13H13NO4. The molecular weight excluding hydrogens is 234 g/mol. The molecule has 5 heteroatoms. The van der Waals surface area contributed by atoms with Crippen LogP contribution >= 0.6 is 0 Å². The molecule has 1 aromatic heterocycles. The molecule has 18 heavy (non-hydrogen) atoms. The predicted molar refractivity (Wildman–Crippen MR) is 65.6 cm³/mol. The summed E-state index contributed by atoms with van der Waals surface area (Å²) in [7, 11) is 0. The van der Waals surface area contributed by atoms with Crippen molar-refractivity contribution in [1.82, 2.24) is 0 Å². The van der Waals surface area contributed by atoms with Crippen molar-refractivity contribution in [2.24, 2.45) is 0 Å². The minimum Gasteiger partial charge on any atom is -0.486 e. The second-order valence-electron chi connectivity index (χ2n) is 3.87. The second-order valence-corrected chi connectivity index (χ2v) is 3.87. The number of rotatable bonds is 4. The average molecular weight is 247 g/mol. The molecule has 0 fully saturated rings. The number of carboxylic acids is 1. The topological polar surface area (TPSA) is 85.7 Å². The van der Waals surface area contributed by atoms with Crippen LogP contribution in [0.3, 0.4) is 0 Å². The van der Waals surface area contributed by atoms with Gasteiger partial charge >= 0.3 is 5.97 Å². The Labute approximate surface area is 104 Å². The average Bonchev–Trinajstić information content (AvgIpc) is 2.83. The number of furan rings is 1. The summed E-state index contributed by atoms with van der Waals surface area (Å²) in [5, 5.41) is 9.01. The van der Waals surface area contributed by atoms with Gasteiger partial charge in [-0.05, 0) is 36.8 Å². The molecule has 0 spiro atoms. The van der Waals surface area contributed by atoms with E-state index in [-0.39, 0.29) is 17.9 Å². The normalized spacial score (nSPS) is 10.3. The Morgan fingerprint density at radius 3 is 2.89 bits per heavy atom. The summed E-state index contributed by atoms with van der Waals surface area (Å²) in [6, 6.07) is 6.65. The Kier molecular flexibility index (Phi) is 3.23. The van der Waals surface area contributed by atoms with Crippen LogP contribution in [0.5, 0.6) is 5.75 Å². The highest BCUT2D eigenvalue weighted by Crippen LogP contribution is 2.25. The van der Waals surface area contributed by atoms with Crippen molar-refractivity contribution in [3.05, 3.63) is 47.4 Å². The van der Waals surface area contributed by atoms with E-state index in [1.807, 2.05) is 0 Å². The van der Waals surface area contributed by atoms with Gasteiger partial charge in [-0.1, -0.05) is 0 Å². The van der Waals surface area contributed by atoms with Gasteiger partial charge < -0.3 is 20.0 Å². The van der Waals surface area contributed by atoms with Gasteiger partial charge in [-0.3, -0.25) is 0 Å². The molecule has 3 N–H and O–H groups in total. The van der Waals surface area contributed by atoms with E-state index in [4.69, 9.17) is 20.0 Å². The Balaban J connectivity index is 2.21. The van der Waals surface area contributed by atoms with Crippen molar-refractivity contribution in [2.45, 2.75) is 13.5 Å². The van der Waals surface area contributed by atoms with E-state index in [9.17, 15) is 4.79 Å². The molecule has 0 radical (unpaired) electrons. The van der Waals surface area contributed by atoms with Gasteiger partial charge in [-0.2, -0.15) is 0 Å². The smallest absolute Gasteiger partial charge is 0.337 e. The number of nitrogens with two attached hydrogens (primary N) is 1. The zero-order chi connectivity index (χ0) is 13.1. The molecule has 2 aromatic rings. The summed E-state index contributed by atoms with van der Waals surface area (Å²) in [5.41, 5.74) is 6.66. The second kappa shape index (κ2) is 4.83. The minimum absolute atomic E-state index is 0.0458. The fraction of sp³-hybridized carbons (Fsp3) is 0.154. The van der Waals surface area contributed by atoms with Crippen LogP contribution in [0.2, 0.25) is 0 Å². The van der Waals surface area contributed by atoms with Crippen LogP contribution in [0.4, 0.5) is 5.69 Å². The Morgan fingerprint density at radius 1 is 1.50 bits per heavy atom. The van der Waals surface area contributed by atoms with Crippen molar-refractivity contribution in [3.63, 3.8) is 0 Å². The van der Waals surface area contributed by atoms with Crippen LogP contribution < -0.4 is 10.5 Å². The van der Waals surface area contributed by atoms with E-state index in [0.717, 1.165) is 0 Å². The quantitative estimate of drug-likeness (QED) is 0.810. The zero-order valence-electron chi connectivity index (χ0n) is 9.84. The Bertz CT molecular complexity index is 561. The lowest BCUT2D eigenvalue weighted by molar-refractivity contribution is 0.0697. The van der Waals surface area contributed by atoms with E-state index in [1.54, 1.807) is 31.4 Å². The molecule has 5 nitrogen and oxygen atoms in total. The fourth-order valence-electron chi connectivity index (χ4n) is 1.57. The fourth-order valence-corrected chi connectivity index (χ4v) is 1.57. The van der Waals surface area contributed by atoms with Gasteiger partial charge in [0.1, 0.15) is 18.1 Å². The van der Waals surface area contributed by atoms with Gasteiger partial charge in [0.25, 0.3) is 0 Å². The predicted octanol–water partition coefficient (Wildman–Crippen LogP) is 2.45. The van der Waals surface area contributed by atoms with Crippen molar-refractivity contribution < 1.29 is 19.1 Å². The van der Waals surface area contributed by atoms with Gasteiger partial charge in [0.15, 0.2) is 0 Å². The number of ether oxygens (including phenoxy) is 1. The summed E-state index contributed by atoms with van der Waals surface area (Å²) in [6.07, 6.45) is 1.55. The summed E-state index contributed by atoms with van der Waals surface area (Å²) in [4.78, 5) is 11.0. The monoisotopic (exact) mass is 247 g/mol. The maximum Gasteiger partial charge on any atom is 0.337 e. The maximum absolute atomic E-state index is 11.0. The molecule has 1 heterocycles. The molecule has 0 atom stereocenters. The van der Waals surface area contributed by atoms with E-state index < -0.39 is 5.97 Å². The first-order valence-electron chi connectivity index (χ1n) is 5.36. The first-order chi connectivity index (χ1) is 8.58. The molecule has 1 aromatic carbocycles. The first kappa shape index (κ1) is 12.0. The lowest BCUT2D eigenvalue weighted by Crippen LogP contribution is -2.05. The number of anilines is 1. The van der Waals surface area contributed by atoms with Crippen LogP contribution in [-0.4, -0.2) is 11.1 Å². The molecule has 2 rings (SSSR count). The third-order valence-corrected chi connectivity index (χ3v) is 2.55. The van der Waals surface area contributed by atoms with Crippen LogP contribution in [0.1, 0.15) is 21.7 Å². The number of benzene rings is 1. The van der Waals surface area contributed by atoms with Crippen molar-refractivity contribution in [3.8, 4) is 5.75 Å². The summed E-state index contributed by atoms with van der Waals surface area (Å²) < 4.78 is 10.6. The number of aromatic carboxylic acids is 1. The van der Waals surface area contributed by atoms with Gasteiger partial charge in [-0.15, -0.1) is 0 Å². The first-order valence-corrected chi connectivity index (χ1v) is 5.36. The molecule has 0 amide bonds. The molecule has 0 unspecified atom stereocenters. The highest BCUT2D eigenvalue weighted by molar-refractivity contribution is 5.95. The van der Waals surface area contributed by atoms with E-state index in [0.29, 0.717) is 17.1 Å². The number of carbonyl (C=O) groups is 1. The van der Waals surface area contributed by atoms with Crippen LogP contribution in [0, 0.1) is 6.92 Å². The highest BCUT2D eigenvalue weighted by Gasteiger charge is 2.12. The zero-order valence-corrected chi connectivity index (χ0v) is 9.84. The SMILES string of the molecule is Cc1cc(OCc2ccco2)cc(C(=O)O)c1N. The lowest BCUT2D eigenvalue weighted by Gasteiger charge is -2.09. The van der Waals surface area contributed by atoms with E-state index in [2.05, 4.69) is 0 Å². The summed E-state index contributed by atoms with van der Waals surface area (Å²) in [6.45, 7) is 1.98. The summed E-state index contributed by atoms with van der Waals surface area (Å²) >= 11 is 0. The number of aryl methyl sites for hydroxylation is 1. The van der Waals surface area contributed by atoms with Gasteiger partial charge in [0.2, 0.25) is 0 Å². The van der Waals surface area contributed by atoms with Gasteiger partial charge in [-0.25, -0.2) is 4.79 Å². The van der Waals surface area contributed by atoms with Crippen LogP contribution in [-0.2, 0) is 6.61 Å². The Morgan fingerprint density at radius 2 is 2.28 bits per heavy atom. The van der Waals surface area contributed by atoms with E-state index in [1.165, 1.54) is 6.07 Å². The molecule has 0 aliphatic heterocycles. The molecule has 0 aliphatic rings. The molecule has 0 saturated carbocycles. The third kappa shape index (κ3) is 2.45. The minimum atomic E-state index is -1.07. The summed E-state index contributed by atoms with van der Waals surface area (Å²) in [5.74, 6) is 0.0518. The van der Waals surface area contributed by atoms with Crippen LogP contribution in [0.15, 0.2) is 34.9 Å². The highest BCUT2D eigenvalue weighted by atomic mass is 16.5. The van der Waals surface area contributed by atoms with Gasteiger partial charge in [0.05, 0.1) is 11.8 Å². The third-order valence-electron chi connectivity index (χ3n) is 2.55. The largest absolute Gasteiger partial charge is 0.486 e. The van der Waals surface area contributed by atoms with Crippen molar-refractivity contribution in [2.75, 3.05) is 5.73 Å². The molecule has 0 saturated heterocycles. The number of nitrogen functional groups attached to an aromatic ring is 1. The van der Waals surface area contributed by atoms with Crippen LogP contribution in [0.25, 0.3) is 0 Å². The van der Waals surface area contributed by atoms with Gasteiger partial charge in [0, 0.05) is 5.69 Å². The number of hydrogen-bond acceptors (Lipinski definition) is 4. The molecule has 94 valence electrons. The maximum atomic E-state index is 11.0. The number of hydrogen-bond donors (Lipinski definition) is 2. The lowest BCUT2D eigenvalue weighted by atomic mass is 10.1. The molecule has 0 bridgehead atoms.